The van der Waals surface area contributed by atoms with Crippen molar-refractivity contribution in [1.29, 1.82) is 0 Å². The molecule has 0 heterocycles. The second kappa shape index (κ2) is 12.5. The number of carbonyl (C=O) groups is 2. The lowest BCUT2D eigenvalue weighted by molar-refractivity contribution is 0.0600. The van der Waals surface area contributed by atoms with Crippen molar-refractivity contribution < 1.29 is 14.3 Å². The van der Waals surface area contributed by atoms with Crippen LogP contribution in [-0.4, -0.2) is 19.0 Å². The number of hydrogen-bond acceptors (Lipinski definition) is 3. The van der Waals surface area contributed by atoms with E-state index in [1.807, 2.05) is 0 Å². The third-order valence-corrected chi connectivity index (χ3v) is 4.57. The van der Waals surface area contributed by atoms with Crippen LogP contribution in [0.5, 0.6) is 0 Å². The predicted molar refractivity (Wildman–Crippen MR) is 121 cm³/mol. The van der Waals surface area contributed by atoms with Crippen LogP contribution in [0, 0.1) is 0 Å². The summed E-state index contributed by atoms with van der Waals surface area (Å²) in [6.07, 6.45) is 2.45. The Balaban J connectivity index is 0.000000297. The van der Waals surface area contributed by atoms with Crippen LogP contribution in [0.3, 0.4) is 0 Å². The minimum atomic E-state index is -0.383. The van der Waals surface area contributed by atoms with E-state index in [4.69, 9.17) is 11.6 Å². The molecule has 0 unspecified atom stereocenters. The zero-order valence-electron chi connectivity index (χ0n) is 17.2. The van der Waals surface area contributed by atoms with Gasteiger partial charge in [0, 0.05) is 17.1 Å². The van der Waals surface area contributed by atoms with Crippen molar-refractivity contribution in [2.24, 2.45) is 0 Å². The molecule has 5 heteroatoms. The Hall–Kier alpha value is -3.11. The average molecular weight is 424 g/mol. The van der Waals surface area contributed by atoms with Crippen LogP contribution in [0.15, 0.2) is 78.9 Å². The molecule has 0 aliphatic carbocycles. The standard InChI is InChI=1S/C16H14ClNO3.C9H12/c1-21-16(20)13-4-2-11(3-5-13)10-18-15(19)12-6-8-14(17)9-7-12;1-2-6-9-7-4-3-5-8-9/h2-9H,10H2,1H3,(H,18,19);3-5,7-8H,2,6H2,1H3. The summed E-state index contributed by atoms with van der Waals surface area (Å²) in [6.45, 7) is 2.58. The van der Waals surface area contributed by atoms with Gasteiger partial charge in [-0.2, -0.15) is 0 Å². The molecule has 4 nitrogen and oxygen atoms in total. The van der Waals surface area contributed by atoms with Crippen molar-refractivity contribution in [2.45, 2.75) is 26.3 Å². The van der Waals surface area contributed by atoms with E-state index >= 15 is 0 Å². The first-order valence-corrected chi connectivity index (χ1v) is 10.2. The molecule has 156 valence electrons. The zero-order valence-corrected chi connectivity index (χ0v) is 18.0. The average Bonchev–Trinajstić information content (AvgIpc) is 2.79. The Bertz CT molecular complexity index is 923. The fourth-order valence-electron chi connectivity index (χ4n) is 2.70. The zero-order chi connectivity index (χ0) is 21.8. The number of ether oxygens (including phenoxy) is 1. The summed E-state index contributed by atoms with van der Waals surface area (Å²) in [7, 11) is 1.34. The number of halogens is 1. The predicted octanol–water partition coefficient (Wildman–Crippen LogP) is 5.70. The fraction of sp³-hybridized carbons (Fsp3) is 0.200. The van der Waals surface area contributed by atoms with Gasteiger partial charge in [-0.15, -0.1) is 0 Å². The molecule has 0 saturated heterocycles. The summed E-state index contributed by atoms with van der Waals surface area (Å²) in [6, 6.07) is 24.1. The van der Waals surface area contributed by atoms with E-state index in [0.717, 1.165) is 5.56 Å². The first-order valence-electron chi connectivity index (χ1n) is 9.78. The minimum absolute atomic E-state index is 0.177. The van der Waals surface area contributed by atoms with Gasteiger partial charge in [0.2, 0.25) is 0 Å². The molecule has 30 heavy (non-hydrogen) atoms. The number of methoxy groups -OCH3 is 1. The van der Waals surface area contributed by atoms with E-state index in [2.05, 4.69) is 47.3 Å². The molecule has 0 aromatic heterocycles. The number of hydrogen-bond donors (Lipinski definition) is 1. The Morgan fingerprint density at radius 1 is 0.833 bits per heavy atom. The highest BCUT2D eigenvalue weighted by Crippen LogP contribution is 2.10. The van der Waals surface area contributed by atoms with Gasteiger partial charge in [-0.25, -0.2) is 4.79 Å². The summed E-state index contributed by atoms with van der Waals surface area (Å²) in [5.74, 6) is -0.560. The molecule has 0 spiro atoms. The molecular formula is C25H26ClNO3. The number of aryl methyl sites for hydroxylation is 1. The number of carbonyl (C=O) groups excluding carboxylic acids is 2. The molecule has 3 rings (SSSR count). The molecule has 0 aliphatic heterocycles. The van der Waals surface area contributed by atoms with E-state index in [1.54, 1.807) is 48.5 Å². The highest BCUT2D eigenvalue weighted by Gasteiger charge is 2.07. The Labute approximate surface area is 182 Å². The van der Waals surface area contributed by atoms with Crippen LogP contribution < -0.4 is 5.32 Å². The number of rotatable bonds is 6. The van der Waals surface area contributed by atoms with E-state index in [-0.39, 0.29) is 11.9 Å². The van der Waals surface area contributed by atoms with Gasteiger partial charge in [0.25, 0.3) is 5.91 Å². The van der Waals surface area contributed by atoms with Crippen molar-refractivity contribution in [3.63, 3.8) is 0 Å². The molecule has 3 aromatic rings. The second-order valence-corrected chi connectivity index (χ2v) is 7.05. The molecule has 1 N–H and O–H groups in total. The number of amides is 1. The van der Waals surface area contributed by atoms with Crippen LogP contribution in [0.1, 0.15) is 45.2 Å². The Morgan fingerprint density at radius 2 is 1.43 bits per heavy atom. The topological polar surface area (TPSA) is 55.4 Å². The fourth-order valence-corrected chi connectivity index (χ4v) is 2.82. The van der Waals surface area contributed by atoms with E-state index in [9.17, 15) is 9.59 Å². The molecule has 0 saturated carbocycles. The third-order valence-electron chi connectivity index (χ3n) is 4.32. The third kappa shape index (κ3) is 7.72. The first kappa shape index (κ1) is 23.2. The summed E-state index contributed by atoms with van der Waals surface area (Å²) in [5, 5.41) is 3.39. The lowest BCUT2D eigenvalue weighted by atomic mass is 10.1. The van der Waals surface area contributed by atoms with Crippen LogP contribution >= 0.6 is 11.6 Å². The van der Waals surface area contributed by atoms with Gasteiger partial charge < -0.3 is 10.1 Å². The number of esters is 1. The smallest absolute Gasteiger partial charge is 0.337 e. The lowest BCUT2D eigenvalue weighted by Crippen LogP contribution is -2.22. The maximum Gasteiger partial charge on any atom is 0.337 e. The first-order chi connectivity index (χ1) is 14.5. The molecule has 0 radical (unpaired) electrons. The maximum atomic E-state index is 11.9. The molecule has 0 aliphatic rings. The highest BCUT2D eigenvalue weighted by molar-refractivity contribution is 6.30. The van der Waals surface area contributed by atoms with Crippen LogP contribution in [0.25, 0.3) is 0 Å². The highest BCUT2D eigenvalue weighted by atomic mass is 35.5. The van der Waals surface area contributed by atoms with Gasteiger partial charge in [-0.3, -0.25) is 4.79 Å². The number of benzene rings is 3. The molecule has 3 aromatic carbocycles. The van der Waals surface area contributed by atoms with Crippen LogP contribution in [0.2, 0.25) is 5.02 Å². The van der Waals surface area contributed by atoms with Gasteiger partial charge in [0.05, 0.1) is 12.7 Å². The summed E-state index contributed by atoms with van der Waals surface area (Å²) >= 11 is 5.77. The van der Waals surface area contributed by atoms with Crippen molar-refractivity contribution in [2.75, 3.05) is 7.11 Å². The van der Waals surface area contributed by atoms with E-state index < -0.39 is 0 Å². The van der Waals surface area contributed by atoms with Gasteiger partial charge in [0.15, 0.2) is 0 Å². The van der Waals surface area contributed by atoms with Gasteiger partial charge in [-0.05, 0) is 53.9 Å². The summed E-state index contributed by atoms with van der Waals surface area (Å²) in [5.41, 5.74) is 3.36. The van der Waals surface area contributed by atoms with Crippen LogP contribution in [0.4, 0.5) is 0 Å². The molecular weight excluding hydrogens is 398 g/mol. The van der Waals surface area contributed by atoms with Crippen molar-refractivity contribution in [1.82, 2.24) is 5.32 Å². The quantitative estimate of drug-likeness (QED) is 0.517. The second-order valence-electron chi connectivity index (χ2n) is 6.61. The van der Waals surface area contributed by atoms with Gasteiger partial charge in [-0.1, -0.05) is 67.4 Å². The molecule has 0 fully saturated rings. The Morgan fingerprint density at radius 3 is 2.00 bits per heavy atom. The molecule has 1 amide bonds. The Kier molecular flexibility index (Phi) is 9.62. The largest absolute Gasteiger partial charge is 0.465 e. The van der Waals surface area contributed by atoms with Crippen molar-refractivity contribution in [3.05, 3.63) is 106 Å². The lowest BCUT2D eigenvalue weighted by Gasteiger charge is -2.06. The monoisotopic (exact) mass is 423 g/mol. The van der Waals surface area contributed by atoms with Gasteiger partial charge in [0.1, 0.15) is 0 Å². The SMILES string of the molecule is CCCc1ccccc1.COC(=O)c1ccc(CNC(=O)c2ccc(Cl)cc2)cc1. The molecule has 0 atom stereocenters. The van der Waals surface area contributed by atoms with E-state index in [0.29, 0.717) is 22.7 Å². The summed E-state index contributed by atoms with van der Waals surface area (Å²) < 4.78 is 4.62. The van der Waals surface area contributed by atoms with E-state index in [1.165, 1.54) is 25.5 Å². The minimum Gasteiger partial charge on any atom is -0.465 e. The normalized spacial score (nSPS) is 9.83. The van der Waals surface area contributed by atoms with Crippen molar-refractivity contribution >= 4 is 23.5 Å². The summed E-state index contributed by atoms with van der Waals surface area (Å²) in [4.78, 5) is 23.2. The van der Waals surface area contributed by atoms with Crippen LogP contribution in [-0.2, 0) is 17.7 Å². The van der Waals surface area contributed by atoms with Crippen molar-refractivity contribution in [3.8, 4) is 0 Å². The molecule has 0 bridgehead atoms. The number of nitrogens with one attached hydrogen (secondary N) is 1. The van der Waals surface area contributed by atoms with Gasteiger partial charge >= 0.3 is 5.97 Å². The maximum absolute atomic E-state index is 11.9.